The lowest BCUT2D eigenvalue weighted by Crippen LogP contribution is -2.54. The van der Waals surface area contributed by atoms with Crippen LogP contribution in [0.2, 0.25) is 0 Å². The van der Waals surface area contributed by atoms with Crippen LogP contribution >= 0.6 is 11.6 Å². The van der Waals surface area contributed by atoms with E-state index in [0.29, 0.717) is 6.61 Å². The van der Waals surface area contributed by atoms with E-state index in [1.54, 1.807) is 0 Å². The first kappa shape index (κ1) is 13.8. The zero-order chi connectivity index (χ0) is 13.1. The Kier molecular flexibility index (Phi) is 4.59. The van der Waals surface area contributed by atoms with Crippen LogP contribution in [0.15, 0.2) is 30.3 Å². The van der Waals surface area contributed by atoms with Crippen molar-refractivity contribution in [3.05, 3.63) is 35.9 Å². The number of rotatable bonds is 3. The van der Waals surface area contributed by atoms with Gasteiger partial charge >= 0.3 is 0 Å². The molecule has 18 heavy (non-hydrogen) atoms. The Morgan fingerprint density at radius 3 is 2.44 bits per heavy atom. The van der Waals surface area contributed by atoms with Crippen molar-refractivity contribution >= 4 is 11.6 Å². The molecule has 3 N–H and O–H groups in total. The van der Waals surface area contributed by atoms with Gasteiger partial charge in [0.05, 0.1) is 30.3 Å². The monoisotopic (exact) mass is 272 g/mol. The Morgan fingerprint density at radius 1 is 1.11 bits per heavy atom. The van der Waals surface area contributed by atoms with Crippen molar-refractivity contribution in [2.24, 2.45) is 0 Å². The van der Waals surface area contributed by atoms with Crippen LogP contribution in [-0.4, -0.2) is 45.1 Å². The van der Waals surface area contributed by atoms with Crippen molar-refractivity contribution in [1.82, 2.24) is 0 Å². The quantitative estimate of drug-likeness (QED) is 0.707. The van der Waals surface area contributed by atoms with Gasteiger partial charge in [-0.2, -0.15) is 0 Å². The Bertz CT molecular complexity index is 373. The number of hydrogen-bond donors (Lipinski definition) is 3. The van der Waals surface area contributed by atoms with Crippen molar-refractivity contribution in [2.45, 2.75) is 42.8 Å². The van der Waals surface area contributed by atoms with Gasteiger partial charge in [0.15, 0.2) is 0 Å². The molecule has 0 bridgehead atoms. The molecule has 5 atom stereocenters. The summed E-state index contributed by atoms with van der Waals surface area (Å²) >= 11 is 5.99. The highest BCUT2D eigenvalue weighted by atomic mass is 35.5. The van der Waals surface area contributed by atoms with E-state index >= 15 is 0 Å². The molecule has 1 aromatic rings. The number of aliphatic hydroxyl groups is 3. The maximum absolute atomic E-state index is 9.83. The molecular formula is C13H17ClO4. The molecule has 5 heteroatoms. The molecule has 1 saturated carbocycles. The summed E-state index contributed by atoms with van der Waals surface area (Å²) in [6, 6.07) is 9.51. The lowest BCUT2D eigenvalue weighted by Gasteiger charge is -2.38. The van der Waals surface area contributed by atoms with Crippen LogP contribution in [-0.2, 0) is 11.3 Å². The van der Waals surface area contributed by atoms with Crippen molar-refractivity contribution in [2.75, 3.05) is 0 Å². The maximum Gasteiger partial charge on any atom is 0.103 e. The third-order valence-electron chi connectivity index (χ3n) is 3.18. The molecule has 0 saturated heterocycles. The molecule has 1 fully saturated rings. The predicted octanol–water partition coefficient (Wildman–Crippen LogP) is 0.666. The largest absolute Gasteiger partial charge is 0.390 e. The minimum Gasteiger partial charge on any atom is -0.390 e. The minimum absolute atomic E-state index is 0.0733. The van der Waals surface area contributed by atoms with Gasteiger partial charge in [-0.3, -0.25) is 0 Å². The van der Waals surface area contributed by atoms with Gasteiger partial charge in [-0.15, -0.1) is 11.6 Å². The summed E-state index contributed by atoms with van der Waals surface area (Å²) in [5.74, 6) is 0. The summed E-state index contributed by atoms with van der Waals surface area (Å²) < 4.78 is 5.56. The van der Waals surface area contributed by atoms with E-state index in [0.717, 1.165) is 5.56 Å². The average molecular weight is 273 g/mol. The Morgan fingerprint density at radius 2 is 1.78 bits per heavy atom. The van der Waals surface area contributed by atoms with Crippen molar-refractivity contribution in [1.29, 1.82) is 0 Å². The second-order valence-electron chi connectivity index (χ2n) is 4.57. The zero-order valence-electron chi connectivity index (χ0n) is 9.82. The van der Waals surface area contributed by atoms with Crippen molar-refractivity contribution < 1.29 is 20.1 Å². The summed E-state index contributed by atoms with van der Waals surface area (Å²) in [6.07, 6.45) is -3.54. The van der Waals surface area contributed by atoms with E-state index in [9.17, 15) is 15.3 Å². The highest BCUT2D eigenvalue weighted by Crippen LogP contribution is 2.27. The summed E-state index contributed by atoms with van der Waals surface area (Å²) in [6.45, 7) is 0.314. The van der Waals surface area contributed by atoms with Gasteiger partial charge in [-0.05, 0) is 5.56 Å². The van der Waals surface area contributed by atoms with Gasteiger partial charge in [0.25, 0.3) is 0 Å². The highest BCUT2D eigenvalue weighted by Gasteiger charge is 2.42. The van der Waals surface area contributed by atoms with E-state index in [4.69, 9.17) is 16.3 Å². The third-order valence-corrected chi connectivity index (χ3v) is 3.69. The van der Waals surface area contributed by atoms with Gasteiger partial charge in [0, 0.05) is 6.42 Å². The lowest BCUT2D eigenvalue weighted by atomic mass is 9.89. The maximum atomic E-state index is 9.83. The van der Waals surface area contributed by atoms with E-state index < -0.39 is 29.8 Å². The summed E-state index contributed by atoms with van der Waals surface area (Å²) in [7, 11) is 0. The standard InChI is InChI=1S/C13H17ClO4/c14-11-12(17)9(15)6-10(16)13(11)18-7-8-4-2-1-3-5-8/h1-5,9-13,15-17H,6-7H2/t9-,10+,11-,12+,13+/m1/s1. The van der Waals surface area contributed by atoms with Crippen LogP contribution in [0.25, 0.3) is 0 Å². The molecule has 0 aliphatic heterocycles. The number of benzene rings is 1. The number of ether oxygens (including phenoxy) is 1. The smallest absolute Gasteiger partial charge is 0.103 e. The van der Waals surface area contributed by atoms with Gasteiger partial charge in [0.2, 0.25) is 0 Å². The van der Waals surface area contributed by atoms with Crippen molar-refractivity contribution in [3.8, 4) is 0 Å². The SMILES string of the molecule is O[C@@H]1[C@@H](Cl)[C@@H](OCc2ccccc2)[C@@H](O)C[C@H]1O. The summed E-state index contributed by atoms with van der Waals surface area (Å²) in [4.78, 5) is 0. The van der Waals surface area contributed by atoms with Gasteiger partial charge in [-0.25, -0.2) is 0 Å². The average Bonchev–Trinajstić information content (AvgIpc) is 2.37. The topological polar surface area (TPSA) is 69.9 Å². The molecule has 0 spiro atoms. The first-order chi connectivity index (χ1) is 8.59. The van der Waals surface area contributed by atoms with E-state index in [-0.39, 0.29) is 6.42 Å². The lowest BCUT2D eigenvalue weighted by molar-refractivity contribution is -0.130. The fourth-order valence-electron chi connectivity index (χ4n) is 2.11. The Labute approximate surface area is 111 Å². The molecular weight excluding hydrogens is 256 g/mol. The molecule has 1 aliphatic rings. The molecule has 100 valence electrons. The van der Waals surface area contributed by atoms with Crippen LogP contribution in [0.3, 0.4) is 0 Å². The minimum atomic E-state index is -1.07. The molecule has 0 unspecified atom stereocenters. The third kappa shape index (κ3) is 3.02. The van der Waals surface area contributed by atoms with Crippen molar-refractivity contribution in [3.63, 3.8) is 0 Å². The van der Waals surface area contributed by atoms with E-state index in [2.05, 4.69) is 0 Å². The van der Waals surface area contributed by atoms with Crippen LogP contribution in [0, 0.1) is 0 Å². The first-order valence-corrected chi connectivity index (χ1v) is 6.37. The number of hydrogen-bond acceptors (Lipinski definition) is 4. The van der Waals surface area contributed by atoms with E-state index in [1.165, 1.54) is 0 Å². The molecule has 2 rings (SSSR count). The van der Waals surface area contributed by atoms with Crippen LogP contribution in [0.4, 0.5) is 0 Å². The first-order valence-electron chi connectivity index (χ1n) is 5.93. The van der Waals surface area contributed by atoms with Crippen LogP contribution in [0.1, 0.15) is 12.0 Å². The molecule has 0 heterocycles. The molecule has 4 nitrogen and oxygen atoms in total. The van der Waals surface area contributed by atoms with Gasteiger partial charge in [-0.1, -0.05) is 30.3 Å². The fourth-order valence-corrected chi connectivity index (χ4v) is 2.52. The van der Waals surface area contributed by atoms with E-state index in [1.807, 2.05) is 30.3 Å². The zero-order valence-corrected chi connectivity index (χ0v) is 10.6. The molecule has 0 radical (unpaired) electrons. The van der Waals surface area contributed by atoms with Gasteiger partial charge in [0.1, 0.15) is 6.10 Å². The van der Waals surface area contributed by atoms with Crippen LogP contribution in [0.5, 0.6) is 0 Å². The molecule has 0 amide bonds. The fraction of sp³-hybridized carbons (Fsp3) is 0.538. The molecule has 1 aliphatic carbocycles. The molecule has 1 aromatic carbocycles. The normalized spacial score (nSPS) is 36.6. The summed E-state index contributed by atoms with van der Waals surface area (Å²) in [5, 5.41) is 28.1. The number of aliphatic hydroxyl groups excluding tert-OH is 3. The predicted molar refractivity (Wildman–Crippen MR) is 67.3 cm³/mol. The second kappa shape index (κ2) is 5.99. The number of alkyl halides is 1. The van der Waals surface area contributed by atoms with Crippen LogP contribution < -0.4 is 0 Å². The van der Waals surface area contributed by atoms with Gasteiger partial charge < -0.3 is 20.1 Å². The Hall–Kier alpha value is -0.650. The second-order valence-corrected chi connectivity index (χ2v) is 5.07. The molecule has 0 aromatic heterocycles. The summed E-state index contributed by atoms with van der Waals surface area (Å²) in [5.41, 5.74) is 0.967. The highest BCUT2D eigenvalue weighted by molar-refractivity contribution is 6.21. The Balaban J connectivity index is 1.96. The number of halogens is 1.